The molecule has 3 fully saturated rings. The normalized spacial score (nSPS) is 24.3. The fraction of sp³-hybridized carbons (Fsp3) is 0.394. The molecule has 5 aliphatic rings. The second-order valence-corrected chi connectivity index (χ2v) is 14.4. The van der Waals surface area contributed by atoms with Crippen LogP contribution in [0.3, 0.4) is 0 Å². The van der Waals surface area contributed by atoms with E-state index in [9.17, 15) is 9.59 Å². The van der Waals surface area contributed by atoms with Crippen molar-refractivity contribution in [1.29, 1.82) is 0 Å². The van der Waals surface area contributed by atoms with Gasteiger partial charge in [0.25, 0.3) is 0 Å². The average Bonchev–Trinajstić information content (AvgIpc) is 3.53. The predicted octanol–water partition coefficient (Wildman–Crippen LogP) is 1.32. The Labute approximate surface area is 287 Å². The summed E-state index contributed by atoms with van der Waals surface area (Å²) in [4.78, 5) is 44.9. The number of benzene rings is 1. The third-order valence-corrected chi connectivity index (χ3v) is 11.2. The van der Waals surface area contributed by atoms with Crippen molar-refractivity contribution in [2.75, 3.05) is 65.4 Å². The first kappa shape index (κ1) is 31.9. The first-order valence-electron chi connectivity index (χ1n) is 16.0. The van der Waals surface area contributed by atoms with Gasteiger partial charge in [0, 0.05) is 0 Å². The van der Waals surface area contributed by atoms with E-state index in [0.717, 1.165) is 65.8 Å². The van der Waals surface area contributed by atoms with Crippen molar-refractivity contribution in [2.24, 2.45) is 0 Å². The van der Waals surface area contributed by atoms with Crippen LogP contribution in [0.1, 0.15) is 17.1 Å². The summed E-state index contributed by atoms with van der Waals surface area (Å²) in [6.07, 6.45) is 1.76. The maximum absolute atomic E-state index is 12.8. The second kappa shape index (κ2) is 15.1. The van der Waals surface area contributed by atoms with E-state index >= 15 is 0 Å². The molecule has 2 unspecified atom stereocenters. The third-order valence-electron chi connectivity index (χ3n) is 8.75. The molecule has 0 amide bonds. The second-order valence-electron chi connectivity index (χ2n) is 12.1. The van der Waals surface area contributed by atoms with Gasteiger partial charge in [0.1, 0.15) is 0 Å². The first-order chi connectivity index (χ1) is 23.0. The Bertz CT molecular complexity index is 1670. The molecule has 47 heavy (non-hydrogen) atoms. The van der Waals surface area contributed by atoms with Gasteiger partial charge < -0.3 is 0 Å². The van der Waals surface area contributed by atoms with Gasteiger partial charge in [0.2, 0.25) is 0 Å². The summed E-state index contributed by atoms with van der Waals surface area (Å²) in [5.41, 5.74) is 6.55. The molecule has 2 radical (unpaired) electrons. The van der Waals surface area contributed by atoms with Crippen molar-refractivity contribution in [3.05, 3.63) is 83.9 Å². The van der Waals surface area contributed by atoms with E-state index in [4.69, 9.17) is 15.3 Å². The van der Waals surface area contributed by atoms with Crippen LogP contribution < -0.4 is 0 Å². The number of nitrogens with zero attached hydrogens (tertiary/aromatic N) is 9. The van der Waals surface area contributed by atoms with E-state index in [1.165, 1.54) is 0 Å². The first-order valence-corrected chi connectivity index (χ1v) is 19.2. The summed E-state index contributed by atoms with van der Waals surface area (Å²) in [6, 6.07) is 20.7. The van der Waals surface area contributed by atoms with Crippen molar-refractivity contribution in [3.8, 4) is 22.5 Å². The molecule has 14 heteroatoms. The number of pyridine rings is 2. The summed E-state index contributed by atoms with van der Waals surface area (Å²) in [7, 11) is 0. The van der Waals surface area contributed by atoms with Gasteiger partial charge in [0.05, 0.1) is 6.20 Å². The Morgan fingerprint density at radius 1 is 0.574 bits per heavy atom. The molecule has 2 atom stereocenters. The molecule has 4 aromatic rings. The van der Waals surface area contributed by atoms with Crippen LogP contribution >= 0.6 is 0 Å². The molecule has 5 aliphatic heterocycles. The molecule has 242 valence electrons. The van der Waals surface area contributed by atoms with Crippen LogP contribution in [-0.4, -0.2) is 147 Å². The minimum absolute atomic E-state index is 0.162. The van der Waals surface area contributed by atoms with E-state index in [0.29, 0.717) is 45.8 Å². The monoisotopic (exact) mass is 831 g/mol. The van der Waals surface area contributed by atoms with Crippen LogP contribution in [0.2, 0.25) is 0 Å². The molecule has 3 aromatic heterocycles. The van der Waals surface area contributed by atoms with Crippen LogP contribution in [0.25, 0.3) is 22.5 Å². The van der Waals surface area contributed by atoms with Gasteiger partial charge in [-0.2, -0.15) is 0 Å². The molecule has 13 nitrogen and oxygen atoms in total. The zero-order chi connectivity index (χ0) is 32.0. The van der Waals surface area contributed by atoms with Crippen LogP contribution in [0.5, 0.6) is 0 Å². The minimum atomic E-state index is -2.27. The van der Waals surface area contributed by atoms with Crippen molar-refractivity contribution in [2.45, 2.75) is 19.6 Å². The van der Waals surface area contributed by atoms with Gasteiger partial charge >= 0.3 is 237 Å². The molecule has 1 aromatic carbocycles. The number of rotatable bonds is 1. The molecular weight excluding hydrogens is 794 g/mol. The van der Waals surface area contributed by atoms with Crippen molar-refractivity contribution in [3.63, 3.8) is 0 Å². The predicted molar refractivity (Wildman–Crippen MR) is 173 cm³/mol. The van der Waals surface area contributed by atoms with Gasteiger partial charge in [0.15, 0.2) is 0 Å². The number of hydrogen-bond donors (Lipinski definition) is 0. The van der Waals surface area contributed by atoms with Gasteiger partial charge in [-0.25, -0.2) is 4.68 Å². The van der Waals surface area contributed by atoms with Crippen molar-refractivity contribution >= 4 is 37.1 Å². The molecule has 0 spiro atoms. The molecule has 3 saturated heterocycles. The summed E-state index contributed by atoms with van der Waals surface area (Å²) >= 11 is -2.27. The fourth-order valence-corrected chi connectivity index (χ4v) is 7.64. The van der Waals surface area contributed by atoms with Gasteiger partial charge in [-0.05, 0) is 0 Å². The summed E-state index contributed by atoms with van der Waals surface area (Å²) < 4.78 is 12.8. The molecular formula is C33H37N9O4Pb. The number of fused-ring (bicyclic) bond motifs is 6. The number of hydrogen-bond acceptors (Lipinski definition) is 12. The zero-order valence-corrected chi connectivity index (χ0v) is 30.1. The summed E-state index contributed by atoms with van der Waals surface area (Å²) in [6.45, 7) is 7.71. The van der Waals surface area contributed by atoms with Gasteiger partial charge in [-0.3, -0.25) is 0 Å². The Balaban J connectivity index is 1.33. The Kier molecular flexibility index (Phi) is 10.2. The van der Waals surface area contributed by atoms with Crippen molar-refractivity contribution in [1.82, 2.24) is 44.6 Å². The summed E-state index contributed by atoms with van der Waals surface area (Å²) in [5.74, 6) is -0.650. The molecule has 0 saturated carbocycles. The number of carbonyl (C=O) groups is 2. The van der Waals surface area contributed by atoms with E-state index < -0.39 is 25.1 Å². The van der Waals surface area contributed by atoms with Crippen LogP contribution in [0.15, 0.2) is 66.9 Å². The fourth-order valence-electron chi connectivity index (χ4n) is 6.26. The van der Waals surface area contributed by atoms with E-state index in [-0.39, 0.29) is 25.0 Å². The van der Waals surface area contributed by atoms with Gasteiger partial charge in [-0.1, -0.05) is 35.5 Å². The molecule has 8 bridgehead atoms. The SMILES string of the molecule is O=C1CN2CCN3CCN(CCN(CC2)Cc2cccc(n2)-c2cnnn2Cc2cc(-c4ccccc4)cc(n2)C3)CC(=O)[O][Pb][O]1. The van der Waals surface area contributed by atoms with E-state index in [2.05, 4.69) is 54.2 Å². The molecule has 8 heterocycles. The quantitative estimate of drug-likeness (QED) is 0.258. The van der Waals surface area contributed by atoms with Crippen LogP contribution in [-0.2, 0) is 34.6 Å². The van der Waals surface area contributed by atoms with Crippen LogP contribution in [0.4, 0.5) is 0 Å². The topological polar surface area (TPSA) is 122 Å². The standard InChI is InChI=1S/C33H39N9O4.Pb/c43-32(44)23-40-13-9-38-10-14-41(24-33(45)46)16-12-39(11-15-40)21-28-17-26(25-5-2-1-3-6-25)18-29(35-28)22-42-31(19-34-37-42)30-8-4-7-27(20-38)36-30;/h1-8,17-19H,9-16,20-24H2,(H,43,44)(H,45,46);/q;+2/p-2. The molecule has 0 N–H and O–H groups in total. The molecule has 9 rings (SSSR count). The Morgan fingerprint density at radius 3 is 1.79 bits per heavy atom. The number of aromatic nitrogens is 5. The maximum atomic E-state index is 12.8. The van der Waals surface area contributed by atoms with Crippen LogP contribution in [0, 0.1) is 0 Å². The average molecular weight is 831 g/mol. The molecule has 0 aliphatic carbocycles. The van der Waals surface area contributed by atoms with Crippen molar-refractivity contribution < 1.29 is 15.0 Å². The zero-order valence-electron chi connectivity index (χ0n) is 26.2. The van der Waals surface area contributed by atoms with E-state index in [1.54, 1.807) is 6.20 Å². The number of carbonyl (C=O) groups excluding carboxylic acids is 2. The summed E-state index contributed by atoms with van der Waals surface area (Å²) in [5, 5.41) is 8.70. The Morgan fingerprint density at radius 2 is 1.15 bits per heavy atom. The Hall–Kier alpha value is -3.64. The van der Waals surface area contributed by atoms with E-state index in [1.807, 2.05) is 41.1 Å². The third kappa shape index (κ3) is 8.45. The van der Waals surface area contributed by atoms with Gasteiger partial charge in [-0.15, -0.1) is 5.10 Å².